The summed E-state index contributed by atoms with van der Waals surface area (Å²) in [6, 6.07) is 4.76. The minimum absolute atomic E-state index is 0.0215. The highest BCUT2D eigenvalue weighted by atomic mass is 79.9. The zero-order valence-corrected chi connectivity index (χ0v) is 13.6. The Morgan fingerprint density at radius 1 is 1.18 bits per heavy atom. The Morgan fingerprint density at radius 3 is 2.50 bits per heavy atom. The van der Waals surface area contributed by atoms with Crippen molar-refractivity contribution in [2.75, 3.05) is 13.1 Å². The fourth-order valence-corrected chi connectivity index (χ4v) is 4.23. The van der Waals surface area contributed by atoms with E-state index in [1.165, 1.54) is 11.0 Å². The Bertz CT molecular complexity index is 661. The topological polar surface area (TPSA) is 40.6 Å². The molecule has 3 saturated carbocycles. The third-order valence-electron chi connectivity index (χ3n) is 5.26. The van der Waals surface area contributed by atoms with E-state index in [0.29, 0.717) is 23.1 Å². The maximum Gasteiger partial charge on any atom is 0.312 e. The van der Waals surface area contributed by atoms with Gasteiger partial charge in [0.1, 0.15) is 5.82 Å². The Balaban J connectivity index is 1.48. The number of rotatable bonds is 3. The first-order chi connectivity index (χ1) is 10.5. The molecule has 1 aromatic rings. The van der Waals surface area contributed by atoms with Gasteiger partial charge in [-0.05, 0) is 37.3 Å². The summed E-state index contributed by atoms with van der Waals surface area (Å²) < 4.78 is 14.6. The number of carbonyl (C=O) groups excluding carboxylic acids is 2. The van der Waals surface area contributed by atoms with Crippen molar-refractivity contribution in [1.29, 1.82) is 0 Å². The monoisotopic (exact) mass is 366 g/mol. The second-order valence-electron chi connectivity index (χ2n) is 6.62. The number of benzene rings is 1. The quantitative estimate of drug-likeness (QED) is 0.770. The van der Waals surface area contributed by atoms with Crippen LogP contribution < -0.4 is 0 Å². The van der Waals surface area contributed by atoms with Gasteiger partial charge in [-0.1, -0.05) is 22.0 Å². The van der Waals surface area contributed by atoms with E-state index in [1.807, 2.05) is 0 Å². The van der Waals surface area contributed by atoms with E-state index in [9.17, 15) is 14.0 Å². The van der Waals surface area contributed by atoms with Crippen molar-refractivity contribution in [3.05, 3.63) is 34.1 Å². The van der Waals surface area contributed by atoms with E-state index in [-0.39, 0.29) is 17.9 Å². The molecule has 4 aliphatic rings. The first-order valence-corrected chi connectivity index (χ1v) is 8.33. The summed E-state index contributed by atoms with van der Waals surface area (Å²) in [4.78, 5) is 27.9. The number of carbonyl (C=O) groups is 2. The number of amides is 2. The van der Waals surface area contributed by atoms with Gasteiger partial charge in [-0.15, -0.1) is 0 Å². The highest BCUT2D eigenvalue weighted by Crippen LogP contribution is 2.60. The summed E-state index contributed by atoms with van der Waals surface area (Å²) in [7, 11) is 0. The smallest absolute Gasteiger partial charge is 0.312 e. The molecule has 1 saturated heterocycles. The van der Waals surface area contributed by atoms with E-state index in [0.717, 1.165) is 25.2 Å². The zero-order chi connectivity index (χ0) is 15.5. The molecule has 4 nitrogen and oxygen atoms in total. The van der Waals surface area contributed by atoms with Crippen LogP contribution in [0.1, 0.15) is 24.8 Å². The van der Waals surface area contributed by atoms with Gasteiger partial charge in [-0.2, -0.15) is 0 Å². The summed E-state index contributed by atoms with van der Waals surface area (Å²) in [5.74, 6) is -0.519. The molecule has 22 heavy (non-hydrogen) atoms. The Hall–Kier alpha value is -1.43. The number of hydrogen-bond donors (Lipinski definition) is 0. The molecular weight excluding hydrogens is 351 g/mol. The van der Waals surface area contributed by atoms with Gasteiger partial charge in [0.15, 0.2) is 0 Å². The Kier molecular flexibility index (Phi) is 3.08. The lowest BCUT2D eigenvalue weighted by molar-refractivity contribution is -0.186. The lowest BCUT2D eigenvalue weighted by atomic mass is 9.49. The summed E-state index contributed by atoms with van der Waals surface area (Å²) in [6.07, 6.45) is 3.15. The molecule has 0 aromatic heterocycles. The summed E-state index contributed by atoms with van der Waals surface area (Å²) in [5, 5.41) is 0. The van der Waals surface area contributed by atoms with E-state index >= 15 is 0 Å². The largest absolute Gasteiger partial charge is 0.328 e. The highest BCUT2D eigenvalue weighted by Gasteiger charge is 2.62. The van der Waals surface area contributed by atoms with Gasteiger partial charge in [-0.3, -0.25) is 9.59 Å². The fourth-order valence-electron chi connectivity index (χ4n) is 3.90. The van der Waals surface area contributed by atoms with Crippen molar-refractivity contribution in [3.63, 3.8) is 0 Å². The SMILES string of the molecule is O=C1C(=O)N(C23CC(C2)C3)CCN1Cc1ccc(Br)cc1F. The molecule has 0 radical (unpaired) electrons. The van der Waals surface area contributed by atoms with Gasteiger partial charge in [0, 0.05) is 35.2 Å². The van der Waals surface area contributed by atoms with Crippen LogP contribution in [-0.2, 0) is 16.1 Å². The normalized spacial score (nSPS) is 30.2. The van der Waals surface area contributed by atoms with Gasteiger partial charge in [0.05, 0.1) is 0 Å². The molecular formula is C16H16BrFN2O2. The molecule has 0 unspecified atom stereocenters. The lowest BCUT2D eigenvalue weighted by Gasteiger charge is -2.66. The van der Waals surface area contributed by atoms with Crippen molar-refractivity contribution >= 4 is 27.7 Å². The molecule has 1 heterocycles. The van der Waals surface area contributed by atoms with E-state index in [1.54, 1.807) is 17.0 Å². The molecule has 2 amide bonds. The zero-order valence-electron chi connectivity index (χ0n) is 12.0. The molecule has 116 valence electrons. The molecule has 1 aliphatic heterocycles. The van der Waals surface area contributed by atoms with Gasteiger partial charge in [0.2, 0.25) is 0 Å². The van der Waals surface area contributed by atoms with Crippen LogP contribution in [0.5, 0.6) is 0 Å². The standard InChI is InChI=1S/C16H16BrFN2O2/c17-12-2-1-11(13(18)5-12)9-19-3-4-20(15(22)14(19)21)16-6-10(7-16)8-16/h1-2,5,10H,3-4,6-9H2. The van der Waals surface area contributed by atoms with E-state index in [4.69, 9.17) is 0 Å². The number of nitrogens with zero attached hydrogens (tertiary/aromatic N) is 2. The first kappa shape index (κ1) is 14.2. The number of piperazine rings is 1. The maximum absolute atomic E-state index is 13.9. The van der Waals surface area contributed by atoms with Gasteiger partial charge < -0.3 is 9.80 Å². The third kappa shape index (κ3) is 2.00. The van der Waals surface area contributed by atoms with Crippen LogP contribution in [0.15, 0.2) is 22.7 Å². The first-order valence-electron chi connectivity index (χ1n) is 7.53. The minimum Gasteiger partial charge on any atom is -0.328 e. The minimum atomic E-state index is -0.502. The molecule has 4 fully saturated rings. The molecule has 0 atom stereocenters. The van der Waals surface area contributed by atoms with Crippen molar-refractivity contribution in [2.24, 2.45) is 5.92 Å². The molecule has 5 rings (SSSR count). The summed E-state index contributed by atoms with van der Waals surface area (Å²) in [5.41, 5.74) is 0.412. The van der Waals surface area contributed by atoms with Gasteiger partial charge >= 0.3 is 11.8 Å². The van der Waals surface area contributed by atoms with Crippen molar-refractivity contribution in [2.45, 2.75) is 31.3 Å². The molecule has 2 bridgehead atoms. The predicted octanol–water partition coefficient (Wildman–Crippen LogP) is 2.31. The fraction of sp³-hybridized carbons (Fsp3) is 0.500. The number of hydrogen-bond acceptors (Lipinski definition) is 2. The summed E-state index contributed by atoms with van der Waals surface area (Å²) in [6.45, 7) is 1.19. The summed E-state index contributed by atoms with van der Waals surface area (Å²) >= 11 is 3.21. The second-order valence-corrected chi connectivity index (χ2v) is 7.54. The average molecular weight is 367 g/mol. The third-order valence-corrected chi connectivity index (χ3v) is 5.76. The van der Waals surface area contributed by atoms with Crippen LogP contribution in [0.2, 0.25) is 0 Å². The average Bonchev–Trinajstić information content (AvgIpc) is 2.37. The molecule has 3 aliphatic carbocycles. The second kappa shape index (κ2) is 4.78. The molecule has 0 N–H and O–H groups in total. The highest BCUT2D eigenvalue weighted by molar-refractivity contribution is 9.10. The van der Waals surface area contributed by atoms with Crippen LogP contribution in [0.25, 0.3) is 0 Å². The van der Waals surface area contributed by atoms with Crippen molar-refractivity contribution < 1.29 is 14.0 Å². The Labute approximate surface area is 136 Å². The van der Waals surface area contributed by atoms with E-state index < -0.39 is 11.8 Å². The number of halogens is 2. The van der Waals surface area contributed by atoms with Gasteiger partial charge in [-0.25, -0.2) is 4.39 Å². The molecule has 6 heteroatoms. The van der Waals surface area contributed by atoms with Crippen LogP contribution in [0.4, 0.5) is 4.39 Å². The Morgan fingerprint density at radius 2 is 1.91 bits per heavy atom. The van der Waals surface area contributed by atoms with Crippen LogP contribution >= 0.6 is 15.9 Å². The van der Waals surface area contributed by atoms with Gasteiger partial charge in [0.25, 0.3) is 0 Å². The lowest BCUT2D eigenvalue weighted by Crippen LogP contribution is -2.73. The van der Waals surface area contributed by atoms with Crippen molar-refractivity contribution in [3.8, 4) is 0 Å². The van der Waals surface area contributed by atoms with Crippen LogP contribution in [0, 0.1) is 11.7 Å². The predicted molar refractivity (Wildman–Crippen MR) is 81.3 cm³/mol. The molecule has 0 spiro atoms. The van der Waals surface area contributed by atoms with Crippen molar-refractivity contribution in [1.82, 2.24) is 9.80 Å². The molecule has 1 aromatic carbocycles. The van der Waals surface area contributed by atoms with Crippen LogP contribution in [-0.4, -0.2) is 40.2 Å². The van der Waals surface area contributed by atoms with E-state index in [2.05, 4.69) is 15.9 Å². The maximum atomic E-state index is 13.9. The van der Waals surface area contributed by atoms with Crippen LogP contribution in [0.3, 0.4) is 0 Å².